The Morgan fingerprint density at radius 1 is 1.06 bits per heavy atom. The van der Waals surface area contributed by atoms with E-state index in [0.29, 0.717) is 11.4 Å². The molecule has 1 aliphatic rings. The van der Waals surface area contributed by atoms with Crippen LogP contribution in [0.5, 0.6) is 0 Å². The van der Waals surface area contributed by atoms with E-state index in [2.05, 4.69) is 20.3 Å². The molecule has 1 amide bonds. The molecule has 0 bridgehead atoms. The van der Waals surface area contributed by atoms with E-state index in [4.69, 9.17) is 5.26 Å². The summed E-state index contributed by atoms with van der Waals surface area (Å²) in [6.07, 6.45) is 3.54. The van der Waals surface area contributed by atoms with Crippen molar-refractivity contribution in [1.82, 2.24) is 5.32 Å². The second-order valence-electron chi connectivity index (χ2n) is 7.51. The van der Waals surface area contributed by atoms with Crippen LogP contribution in [0, 0.1) is 17.1 Å². The van der Waals surface area contributed by atoms with Gasteiger partial charge in [0.15, 0.2) is 0 Å². The van der Waals surface area contributed by atoms with Crippen LogP contribution in [0.15, 0.2) is 42.5 Å². The van der Waals surface area contributed by atoms with Crippen LogP contribution in [0.4, 0.5) is 21.5 Å². The number of carbonyl (C=O) groups is 1. The highest BCUT2D eigenvalue weighted by molar-refractivity contribution is 7.93. The van der Waals surface area contributed by atoms with Gasteiger partial charge in [-0.1, -0.05) is 6.07 Å². The van der Waals surface area contributed by atoms with Crippen LogP contribution in [0.25, 0.3) is 0 Å². The van der Waals surface area contributed by atoms with E-state index >= 15 is 0 Å². The lowest BCUT2D eigenvalue weighted by Gasteiger charge is -2.28. The second-order valence-corrected chi connectivity index (χ2v) is 9.23. The largest absolute Gasteiger partial charge is 0.382 e. The highest BCUT2D eigenvalue weighted by Gasteiger charge is 2.17. The van der Waals surface area contributed by atoms with E-state index in [1.807, 2.05) is 12.1 Å². The van der Waals surface area contributed by atoms with Gasteiger partial charge in [0.05, 0.1) is 5.69 Å². The monoisotopic (exact) mass is 459 g/mol. The molecule has 32 heavy (non-hydrogen) atoms. The first kappa shape index (κ1) is 23.3. The predicted octanol–water partition coefficient (Wildman–Crippen LogP) is 2.66. The van der Waals surface area contributed by atoms with Gasteiger partial charge in [-0.15, -0.1) is 0 Å². The Morgan fingerprint density at radius 3 is 2.47 bits per heavy atom. The van der Waals surface area contributed by atoms with E-state index in [9.17, 15) is 17.6 Å². The number of halogens is 1. The normalized spacial score (nSPS) is 13.8. The zero-order chi connectivity index (χ0) is 23.0. The van der Waals surface area contributed by atoms with Gasteiger partial charge in [0, 0.05) is 37.6 Å². The maximum Gasteiger partial charge on any atom is 0.241 e. The lowest BCUT2D eigenvalue weighted by atomic mass is 10.1. The Kier molecular flexibility index (Phi) is 7.89. The third kappa shape index (κ3) is 6.59. The molecule has 170 valence electrons. The van der Waals surface area contributed by atoms with Gasteiger partial charge in [-0.05, 0) is 55.7 Å². The fraction of sp³-hybridized carbons (Fsp3) is 0.364. The van der Waals surface area contributed by atoms with Gasteiger partial charge in [-0.2, -0.15) is 5.26 Å². The number of anilines is 3. The Hall–Kier alpha value is -3.32. The molecule has 2 aromatic carbocycles. The molecular formula is C22H26FN5O3S. The van der Waals surface area contributed by atoms with E-state index in [1.54, 1.807) is 24.3 Å². The smallest absolute Gasteiger partial charge is 0.241 e. The van der Waals surface area contributed by atoms with Crippen molar-refractivity contribution in [2.75, 3.05) is 46.9 Å². The van der Waals surface area contributed by atoms with Crippen molar-refractivity contribution in [3.8, 4) is 6.07 Å². The molecule has 1 fully saturated rings. The Morgan fingerprint density at radius 2 is 1.78 bits per heavy atom. The van der Waals surface area contributed by atoms with Crippen LogP contribution < -0.4 is 20.3 Å². The van der Waals surface area contributed by atoms with Crippen molar-refractivity contribution < 1.29 is 17.6 Å². The summed E-state index contributed by atoms with van der Waals surface area (Å²) < 4.78 is 40.6. The predicted molar refractivity (Wildman–Crippen MR) is 123 cm³/mol. The average molecular weight is 460 g/mol. The lowest BCUT2D eigenvalue weighted by molar-refractivity contribution is -0.118. The number of nitriles is 1. The number of hydrogen-bond acceptors (Lipinski definition) is 6. The van der Waals surface area contributed by atoms with Gasteiger partial charge >= 0.3 is 0 Å². The summed E-state index contributed by atoms with van der Waals surface area (Å²) in [6.45, 7) is 2.31. The zero-order valence-corrected chi connectivity index (χ0v) is 18.4. The number of amides is 1. The van der Waals surface area contributed by atoms with E-state index in [0.717, 1.165) is 31.6 Å². The molecule has 0 aliphatic carbocycles. The molecular weight excluding hydrogens is 433 g/mol. The molecule has 10 heteroatoms. The van der Waals surface area contributed by atoms with Gasteiger partial charge < -0.3 is 15.5 Å². The molecule has 1 aliphatic heterocycles. The van der Waals surface area contributed by atoms with Crippen LogP contribution in [0.1, 0.15) is 24.8 Å². The molecule has 0 saturated carbocycles. The summed E-state index contributed by atoms with van der Waals surface area (Å²) in [4.78, 5) is 14.3. The lowest BCUT2D eigenvalue weighted by Crippen LogP contribution is -2.35. The number of sulfonamides is 1. The van der Waals surface area contributed by atoms with Crippen LogP contribution >= 0.6 is 0 Å². The zero-order valence-electron chi connectivity index (χ0n) is 17.6. The number of nitrogens with one attached hydrogen (secondary N) is 3. The fourth-order valence-electron chi connectivity index (χ4n) is 3.52. The number of benzene rings is 2. The van der Waals surface area contributed by atoms with E-state index in [1.165, 1.54) is 18.6 Å². The summed E-state index contributed by atoms with van der Waals surface area (Å²) in [5.74, 6) is -2.02. The van der Waals surface area contributed by atoms with Crippen molar-refractivity contribution in [1.29, 1.82) is 5.26 Å². The van der Waals surface area contributed by atoms with E-state index in [-0.39, 0.29) is 18.7 Å². The van der Waals surface area contributed by atoms with Crippen molar-refractivity contribution >= 4 is 33.0 Å². The summed E-state index contributed by atoms with van der Waals surface area (Å²) in [5.41, 5.74) is 1.65. The molecule has 1 heterocycles. The maximum atomic E-state index is 13.6. The van der Waals surface area contributed by atoms with Crippen molar-refractivity contribution in [2.24, 2.45) is 0 Å². The Balaban J connectivity index is 1.44. The number of rotatable bonds is 9. The highest BCUT2D eigenvalue weighted by atomic mass is 32.2. The van der Waals surface area contributed by atoms with Crippen LogP contribution in [-0.4, -0.2) is 46.3 Å². The molecule has 8 nitrogen and oxygen atoms in total. The number of nitrogens with zero attached hydrogens (tertiary/aromatic N) is 2. The minimum atomic E-state index is -3.87. The quantitative estimate of drug-likeness (QED) is 0.497. The minimum absolute atomic E-state index is 0.111. The summed E-state index contributed by atoms with van der Waals surface area (Å²) >= 11 is 0. The van der Waals surface area contributed by atoms with Gasteiger partial charge in [-0.25, -0.2) is 12.8 Å². The van der Waals surface area contributed by atoms with Crippen molar-refractivity contribution in [3.05, 3.63) is 53.8 Å². The summed E-state index contributed by atoms with van der Waals surface area (Å²) in [5, 5.41) is 14.3. The van der Waals surface area contributed by atoms with Crippen molar-refractivity contribution in [2.45, 2.75) is 19.3 Å². The molecule has 3 rings (SSSR count). The maximum absolute atomic E-state index is 13.6. The first-order valence-electron chi connectivity index (χ1n) is 10.4. The van der Waals surface area contributed by atoms with Crippen LogP contribution in [-0.2, 0) is 14.8 Å². The molecule has 0 aromatic heterocycles. The number of piperidine rings is 1. The van der Waals surface area contributed by atoms with Gasteiger partial charge in [0.25, 0.3) is 0 Å². The number of hydrogen-bond donors (Lipinski definition) is 3. The molecule has 0 spiro atoms. The Bertz CT molecular complexity index is 1080. The summed E-state index contributed by atoms with van der Waals surface area (Å²) in [7, 11) is -3.87. The number of carbonyl (C=O) groups excluding carboxylic acids is 1. The minimum Gasteiger partial charge on any atom is -0.382 e. The summed E-state index contributed by atoms with van der Waals surface area (Å²) in [6, 6.07) is 13.1. The van der Waals surface area contributed by atoms with Gasteiger partial charge in [0.2, 0.25) is 15.9 Å². The average Bonchev–Trinajstić information content (AvgIpc) is 2.77. The second kappa shape index (κ2) is 10.8. The third-order valence-corrected chi connectivity index (χ3v) is 6.26. The first-order chi connectivity index (χ1) is 15.4. The molecule has 2 aromatic rings. The topological polar surface area (TPSA) is 114 Å². The van der Waals surface area contributed by atoms with Gasteiger partial charge in [0.1, 0.15) is 23.2 Å². The molecule has 0 unspecified atom stereocenters. The molecule has 3 N–H and O–H groups in total. The van der Waals surface area contributed by atoms with Crippen molar-refractivity contribution in [3.63, 3.8) is 0 Å². The van der Waals surface area contributed by atoms with Gasteiger partial charge in [-0.3, -0.25) is 9.52 Å². The Labute approximate surface area is 187 Å². The van der Waals surface area contributed by atoms with Crippen LogP contribution in [0.2, 0.25) is 0 Å². The van der Waals surface area contributed by atoms with E-state index < -0.39 is 27.5 Å². The van der Waals surface area contributed by atoms with Crippen LogP contribution in [0.3, 0.4) is 0 Å². The highest BCUT2D eigenvalue weighted by Crippen LogP contribution is 2.22. The molecule has 0 atom stereocenters. The standard InChI is InChI=1S/C22H26FN5O3S/c23-20-5-4-6-21(19(20)15-24)25-11-12-26-22(29)16-32(30,31)27-17-7-9-18(10-8-17)28-13-2-1-3-14-28/h4-10,25,27H,1-3,11-14,16H2,(H,26,29). The first-order valence-corrected chi connectivity index (χ1v) is 12.1. The molecule has 0 radical (unpaired) electrons. The molecule has 1 saturated heterocycles. The SMILES string of the molecule is N#Cc1c(F)cccc1NCCNC(=O)CS(=O)(=O)Nc1ccc(N2CCCCC2)cc1. The third-order valence-electron chi connectivity index (χ3n) is 5.07. The fourth-order valence-corrected chi connectivity index (χ4v) is 4.53.